The van der Waals surface area contributed by atoms with E-state index >= 15 is 0 Å². The first-order valence-corrected chi connectivity index (χ1v) is 9.44. The van der Waals surface area contributed by atoms with E-state index in [0.29, 0.717) is 0 Å². The molecule has 3 aromatic carbocycles. The van der Waals surface area contributed by atoms with Crippen LogP contribution in [0, 0.1) is 12.8 Å². The molecular weight excluding hydrogens is 332 g/mol. The van der Waals surface area contributed by atoms with Crippen LogP contribution in [0.25, 0.3) is 0 Å². The Morgan fingerprint density at radius 2 is 1.59 bits per heavy atom. The van der Waals surface area contributed by atoms with Crippen molar-refractivity contribution >= 4 is 5.78 Å². The molecule has 0 heterocycles. The van der Waals surface area contributed by atoms with Crippen LogP contribution in [0.4, 0.5) is 0 Å². The molecule has 1 unspecified atom stereocenters. The smallest absolute Gasteiger partial charge is 0.166 e. The van der Waals surface area contributed by atoms with Gasteiger partial charge in [-0.2, -0.15) is 0 Å². The van der Waals surface area contributed by atoms with Crippen LogP contribution >= 0.6 is 0 Å². The van der Waals surface area contributed by atoms with E-state index in [1.54, 1.807) is 7.11 Å². The zero-order valence-corrected chi connectivity index (χ0v) is 16.0. The number of carbonyl (C=O) groups excluding carboxylic acids is 1. The minimum atomic E-state index is 0.110. The third kappa shape index (κ3) is 5.07. The van der Waals surface area contributed by atoms with Gasteiger partial charge in [-0.25, -0.2) is 0 Å². The Kier molecular flexibility index (Phi) is 6.43. The molecule has 27 heavy (non-hydrogen) atoms. The van der Waals surface area contributed by atoms with Crippen LogP contribution in [-0.4, -0.2) is 12.9 Å². The molecule has 0 saturated heterocycles. The van der Waals surface area contributed by atoms with Gasteiger partial charge in [0.1, 0.15) is 5.75 Å². The maximum atomic E-state index is 12.6. The number of hydrogen-bond donors (Lipinski definition) is 0. The van der Waals surface area contributed by atoms with Crippen LogP contribution in [0.1, 0.15) is 33.5 Å². The molecule has 2 nitrogen and oxygen atoms in total. The quantitative estimate of drug-likeness (QED) is 0.602. The lowest BCUT2D eigenvalue weighted by Gasteiger charge is -2.23. The Hall–Kier alpha value is -2.87. The number of methoxy groups -OCH3 is 1. The minimum absolute atomic E-state index is 0.110. The van der Waals surface area contributed by atoms with E-state index in [1.165, 1.54) is 11.1 Å². The summed E-state index contributed by atoms with van der Waals surface area (Å²) in [6.07, 6.45) is 2.72. The fourth-order valence-electron chi connectivity index (χ4n) is 3.45. The second-order valence-electron chi connectivity index (χ2n) is 6.97. The first-order valence-electron chi connectivity index (χ1n) is 9.44. The highest BCUT2D eigenvalue weighted by Crippen LogP contribution is 2.30. The molecule has 3 aromatic rings. The molecule has 138 valence electrons. The van der Waals surface area contributed by atoms with Crippen molar-refractivity contribution in [2.24, 2.45) is 5.92 Å². The van der Waals surface area contributed by atoms with Crippen LogP contribution in [0.5, 0.6) is 5.75 Å². The maximum Gasteiger partial charge on any atom is 0.166 e. The Balaban J connectivity index is 0.000000253. The number of ketones is 1. The lowest BCUT2D eigenvalue weighted by Crippen LogP contribution is -2.24. The second kappa shape index (κ2) is 9.18. The topological polar surface area (TPSA) is 26.3 Å². The van der Waals surface area contributed by atoms with E-state index in [-0.39, 0.29) is 11.7 Å². The van der Waals surface area contributed by atoms with Crippen molar-refractivity contribution in [3.05, 3.63) is 101 Å². The molecule has 0 aromatic heterocycles. The number of ether oxygens (including phenoxy) is 1. The fourth-order valence-corrected chi connectivity index (χ4v) is 3.45. The van der Waals surface area contributed by atoms with E-state index in [9.17, 15) is 4.79 Å². The van der Waals surface area contributed by atoms with Gasteiger partial charge in [0.2, 0.25) is 0 Å². The van der Waals surface area contributed by atoms with Crippen LogP contribution in [-0.2, 0) is 12.8 Å². The third-order valence-electron chi connectivity index (χ3n) is 4.98. The van der Waals surface area contributed by atoms with Gasteiger partial charge >= 0.3 is 0 Å². The van der Waals surface area contributed by atoms with Gasteiger partial charge in [-0.15, -0.1) is 0 Å². The number of Topliss-reactive ketones (excluding diaryl/α,β-unsaturated/α-hetero) is 1. The molecule has 0 aliphatic heterocycles. The van der Waals surface area contributed by atoms with E-state index < -0.39 is 0 Å². The summed E-state index contributed by atoms with van der Waals surface area (Å²) >= 11 is 0. The van der Waals surface area contributed by atoms with Crippen molar-refractivity contribution in [2.75, 3.05) is 7.11 Å². The summed E-state index contributed by atoms with van der Waals surface area (Å²) in [5, 5.41) is 0. The molecule has 0 bridgehead atoms. The molecule has 0 amide bonds. The van der Waals surface area contributed by atoms with E-state index in [0.717, 1.165) is 36.1 Å². The Bertz CT molecular complexity index is 869. The van der Waals surface area contributed by atoms with Crippen molar-refractivity contribution in [3.63, 3.8) is 0 Å². The highest BCUT2D eigenvalue weighted by Gasteiger charge is 2.27. The summed E-state index contributed by atoms with van der Waals surface area (Å²) in [6, 6.07) is 26.3. The normalized spacial score (nSPS) is 15.3. The van der Waals surface area contributed by atoms with Gasteiger partial charge in [0.05, 0.1) is 7.11 Å². The number of rotatable bonds is 3. The maximum absolute atomic E-state index is 12.6. The van der Waals surface area contributed by atoms with Crippen LogP contribution in [0.15, 0.2) is 78.9 Å². The van der Waals surface area contributed by atoms with Crippen LogP contribution in [0.3, 0.4) is 0 Å². The number of aryl methyl sites for hydroxylation is 2. The average Bonchev–Trinajstić information content (AvgIpc) is 2.72. The summed E-state index contributed by atoms with van der Waals surface area (Å²) < 4.78 is 5.23. The van der Waals surface area contributed by atoms with Crippen molar-refractivity contribution in [2.45, 2.75) is 26.2 Å². The van der Waals surface area contributed by atoms with Crippen LogP contribution < -0.4 is 4.74 Å². The number of carbonyl (C=O) groups is 1. The second-order valence-corrected chi connectivity index (χ2v) is 6.97. The molecule has 1 aliphatic carbocycles. The van der Waals surface area contributed by atoms with Gasteiger partial charge in [0.15, 0.2) is 5.78 Å². The third-order valence-corrected chi connectivity index (χ3v) is 4.98. The molecule has 1 atom stereocenters. The Labute approximate surface area is 161 Å². The van der Waals surface area contributed by atoms with Gasteiger partial charge in [-0.3, -0.25) is 4.79 Å². The zero-order chi connectivity index (χ0) is 19.1. The van der Waals surface area contributed by atoms with Crippen molar-refractivity contribution < 1.29 is 9.53 Å². The Morgan fingerprint density at radius 1 is 0.926 bits per heavy atom. The summed E-state index contributed by atoms with van der Waals surface area (Å²) in [7, 11) is 1.66. The predicted molar refractivity (Wildman–Crippen MR) is 110 cm³/mol. The molecule has 2 heteroatoms. The first kappa shape index (κ1) is 18.9. The molecule has 4 rings (SSSR count). The molecule has 0 spiro atoms. The van der Waals surface area contributed by atoms with Crippen LogP contribution in [0.2, 0.25) is 0 Å². The van der Waals surface area contributed by atoms with Gasteiger partial charge < -0.3 is 4.74 Å². The molecule has 0 saturated carbocycles. The zero-order valence-electron chi connectivity index (χ0n) is 16.0. The average molecular weight is 358 g/mol. The van der Waals surface area contributed by atoms with Gasteiger partial charge in [0, 0.05) is 11.5 Å². The monoisotopic (exact) mass is 358 g/mol. The molecule has 1 aliphatic rings. The fraction of sp³-hybridized carbons (Fsp3) is 0.240. The summed E-state index contributed by atoms with van der Waals surface area (Å²) in [4.78, 5) is 12.6. The van der Waals surface area contributed by atoms with E-state index in [1.807, 2.05) is 54.6 Å². The largest absolute Gasteiger partial charge is 0.497 e. The van der Waals surface area contributed by atoms with Gasteiger partial charge in [-0.1, -0.05) is 66.2 Å². The summed E-state index contributed by atoms with van der Waals surface area (Å²) in [5.41, 5.74) is 4.56. The molecule has 0 fully saturated rings. The van der Waals surface area contributed by atoms with Crippen molar-refractivity contribution in [1.82, 2.24) is 0 Å². The highest BCUT2D eigenvalue weighted by atomic mass is 16.5. The van der Waals surface area contributed by atoms with E-state index in [2.05, 4.69) is 31.2 Å². The number of benzene rings is 3. The number of hydrogen-bond acceptors (Lipinski definition) is 2. The summed E-state index contributed by atoms with van der Waals surface area (Å²) in [6.45, 7) is 2.08. The minimum Gasteiger partial charge on any atom is -0.497 e. The lowest BCUT2D eigenvalue weighted by atomic mass is 9.80. The summed E-state index contributed by atoms with van der Waals surface area (Å²) in [5.74, 6) is 1.22. The van der Waals surface area contributed by atoms with Crippen molar-refractivity contribution in [3.8, 4) is 5.75 Å². The standard InChI is InChI=1S/C18H18O2.C7H8/c1-20-16-9-10-17-14(12-16)7-8-15(18(17)19)11-13-5-3-2-4-6-13;1-7-5-3-2-4-6-7/h2-6,9-10,12,15H,7-8,11H2,1H3;2-6H,1H3. The van der Waals surface area contributed by atoms with Gasteiger partial charge in [-0.05, 0) is 55.5 Å². The van der Waals surface area contributed by atoms with Gasteiger partial charge in [0.25, 0.3) is 0 Å². The lowest BCUT2D eigenvalue weighted by molar-refractivity contribution is 0.0901. The molecule has 0 N–H and O–H groups in total. The SMILES string of the molecule is COc1ccc2c(c1)CCC(Cc1ccccc1)C2=O.Cc1ccccc1. The molecular formula is C25H26O2. The highest BCUT2D eigenvalue weighted by molar-refractivity contribution is 6.00. The predicted octanol–water partition coefficient (Wildman–Crippen LogP) is 5.68. The molecule has 0 radical (unpaired) electrons. The Morgan fingerprint density at radius 3 is 2.19 bits per heavy atom. The first-order chi connectivity index (χ1) is 13.2. The van der Waals surface area contributed by atoms with E-state index in [4.69, 9.17) is 4.74 Å². The number of fused-ring (bicyclic) bond motifs is 1. The van der Waals surface area contributed by atoms with Crippen molar-refractivity contribution in [1.29, 1.82) is 0 Å².